The van der Waals surface area contributed by atoms with Gasteiger partial charge in [0.15, 0.2) is 11.5 Å². The topological polar surface area (TPSA) is 85.3 Å². The van der Waals surface area contributed by atoms with Gasteiger partial charge in [0, 0.05) is 12.1 Å². The fourth-order valence-corrected chi connectivity index (χ4v) is 5.07. The lowest BCUT2D eigenvalue weighted by Gasteiger charge is -2.26. The zero-order valence-electron chi connectivity index (χ0n) is 21.7. The first-order valence-corrected chi connectivity index (χ1v) is 13.1. The number of ketones is 1. The first-order chi connectivity index (χ1) is 19.6. The number of ether oxygens (including phenoxy) is 3. The van der Waals surface area contributed by atoms with Crippen LogP contribution in [-0.2, 0) is 16.0 Å². The van der Waals surface area contributed by atoms with E-state index in [0.29, 0.717) is 60.3 Å². The third-order valence-corrected chi connectivity index (χ3v) is 6.99. The van der Waals surface area contributed by atoms with Crippen molar-refractivity contribution in [2.24, 2.45) is 0 Å². The maximum atomic E-state index is 13.5. The van der Waals surface area contributed by atoms with E-state index in [-0.39, 0.29) is 11.3 Å². The lowest BCUT2D eigenvalue weighted by molar-refractivity contribution is -0.139. The number of benzene rings is 4. The zero-order valence-corrected chi connectivity index (χ0v) is 21.7. The highest BCUT2D eigenvalue weighted by atomic mass is 16.6. The van der Waals surface area contributed by atoms with Crippen molar-refractivity contribution < 1.29 is 28.9 Å². The van der Waals surface area contributed by atoms with Crippen molar-refractivity contribution >= 4 is 17.4 Å². The maximum Gasteiger partial charge on any atom is 0.295 e. The molecule has 0 bridgehead atoms. The molecule has 0 aromatic heterocycles. The molecule has 2 aliphatic heterocycles. The molecule has 2 heterocycles. The summed E-state index contributed by atoms with van der Waals surface area (Å²) >= 11 is 0. The summed E-state index contributed by atoms with van der Waals surface area (Å²) in [5.41, 5.74) is 2.08. The van der Waals surface area contributed by atoms with E-state index in [1.54, 1.807) is 24.3 Å². The van der Waals surface area contributed by atoms with Gasteiger partial charge >= 0.3 is 0 Å². The third kappa shape index (κ3) is 5.01. The molecule has 1 fully saturated rings. The number of Topliss-reactive ketones (excluding diaryl/α,β-unsaturated/α-hetero) is 1. The molecule has 0 spiro atoms. The number of nitrogens with zero attached hydrogens (tertiary/aromatic N) is 1. The highest BCUT2D eigenvalue weighted by molar-refractivity contribution is 6.46. The number of hydrogen-bond donors (Lipinski definition) is 1. The van der Waals surface area contributed by atoms with Gasteiger partial charge < -0.3 is 24.2 Å². The lowest BCUT2D eigenvalue weighted by Crippen LogP contribution is -2.31. The summed E-state index contributed by atoms with van der Waals surface area (Å²) in [6.07, 6.45) is 0.550. The van der Waals surface area contributed by atoms with Crippen LogP contribution in [0.2, 0.25) is 0 Å². The van der Waals surface area contributed by atoms with Crippen LogP contribution in [0, 0.1) is 0 Å². The smallest absolute Gasteiger partial charge is 0.295 e. The van der Waals surface area contributed by atoms with Crippen LogP contribution in [0.3, 0.4) is 0 Å². The molecule has 4 aromatic carbocycles. The van der Waals surface area contributed by atoms with Gasteiger partial charge in [-0.1, -0.05) is 60.7 Å². The molecule has 1 atom stereocenters. The summed E-state index contributed by atoms with van der Waals surface area (Å²) in [4.78, 5) is 28.4. The number of likely N-dealkylation sites (tertiary alicyclic amines) is 1. The zero-order chi connectivity index (χ0) is 27.5. The lowest BCUT2D eigenvalue weighted by atomic mass is 9.95. The molecular formula is C33H27NO6. The van der Waals surface area contributed by atoms with E-state index < -0.39 is 17.7 Å². The van der Waals surface area contributed by atoms with E-state index in [4.69, 9.17) is 14.2 Å². The Kier molecular flexibility index (Phi) is 6.93. The molecule has 0 radical (unpaired) electrons. The molecule has 7 nitrogen and oxygen atoms in total. The molecule has 6 rings (SSSR count). The van der Waals surface area contributed by atoms with Crippen molar-refractivity contribution in [3.63, 3.8) is 0 Å². The second-order valence-corrected chi connectivity index (χ2v) is 9.57. The highest BCUT2D eigenvalue weighted by Crippen LogP contribution is 2.42. The number of fused-ring (bicyclic) bond motifs is 1. The summed E-state index contributed by atoms with van der Waals surface area (Å²) in [6.45, 7) is 1.11. The van der Waals surface area contributed by atoms with Crippen LogP contribution in [0.4, 0.5) is 0 Å². The molecule has 1 N–H and O–H groups in total. The van der Waals surface area contributed by atoms with Gasteiger partial charge in [0.2, 0.25) is 0 Å². The first-order valence-electron chi connectivity index (χ1n) is 13.1. The molecule has 200 valence electrons. The van der Waals surface area contributed by atoms with Crippen molar-refractivity contribution in [2.75, 3.05) is 19.8 Å². The number of carbonyl (C=O) groups is 2. The van der Waals surface area contributed by atoms with Crippen LogP contribution in [0.5, 0.6) is 23.0 Å². The monoisotopic (exact) mass is 533 g/mol. The first kappa shape index (κ1) is 25.2. The Morgan fingerprint density at radius 1 is 0.800 bits per heavy atom. The fourth-order valence-electron chi connectivity index (χ4n) is 5.07. The van der Waals surface area contributed by atoms with Crippen LogP contribution in [0.15, 0.2) is 109 Å². The van der Waals surface area contributed by atoms with E-state index in [9.17, 15) is 14.7 Å². The Balaban J connectivity index is 1.41. The Morgan fingerprint density at radius 3 is 2.27 bits per heavy atom. The maximum absolute atomic E-state index is 13.5. The van der Waals surface area contributed by atoms with Gasteiger partial charge in [0.1, 0.15) is 30.5 Å². The van der Waals surface area contributed by atoms with Gasteiger partial charge in [-0.05, 0) is 60.0 Å². The standard InChI is InChI=1S/C33H27NO6/c35-31(24-14-15-27-28(21-24)39-19-18-38-27)29-30(23-10-7-13-26(20-23)40-25-11-5-2-6-12-25)34(33(37)32(29)36)17-16-22-8-3-1-4-9-22/h1-15,20-21,30,35H,16-19H2/b31-29+/t30-/m0/s1. The summed E-state index contributed by atoms with van der Waals surface area (Å²) in [5, 5.41) is 11.5. The number of carbonyl (C=O) groups excluding carboxylic acids is 2. The molecule has 7 heteroatoms. The van der Waals surface area contributed by atoms with Gasteiger partial charge in [-0.15, -0.1) is 0 Å². The molecule has 2 aliphatic rings. The van der Waals surface area contributed by atoms with E-state index in [1.807, 2.05) is 78.9 Å². The minimum atomic E-state index is -0.809. The number of para-hydroxylation sites is 1. The molecule has 0 unspecified atom stereocenters. The van der Waals surface area contributed by atoms with Crippen molar-refractivity contribution in [1.82, 2.24) is 4.90 Å². The number of aliphatic hydroxyl groups is 1. The Morgan fingerprint density at radius 2 is 1.50 bits per heavy atom. The number of rotatable bonds is 7. The van der Waals surface area contributed by atoms with Gasteiger partial charge in [0.25, 0.3) is 11.7 Å². The number of aliphatic hydroxyl groups excluding tert-OH is 1. The molecule has 40 heavy (non-hydrogen) atoms. The molecule has 1 amide bonds. The van der Waals surface area contributed by atoms with Crippen molar-refractivity contribution in [1.29, 1.82) is 0 Å². The largest absolute Gasteiger partial charge is 0.507 e. The average Bonchev–Trinajstić information content (AvgIpc) is 3.25. The highest BCUT2D eigenvalue weighted by Gasteiger charge is 2.46. The minimum absolute atomic E-state index is 0.0200. The molecule has 0 saturated carbocycles. The number of hydrogen-bond acceptors (Lipinski definition) is 6. The minimum Gasteiger partial charge on any atom is -0.507 e. The van der Waals surface area contributed by atoms with E-state index >= 15 is 0 Å². The van der Waals surface area contributed by atoms with Crippen LogP contribution in [-0.4, -0.2) is 41.5 Å². The predicted octanol–water partition coefficient (Wildman–Crippen LogP) is 5.91. The molecule has 4 aromatic rings. The predicted molar refractivity (Wildman–Crippen MR) is 150 cm³/mol. The summed E-state index contributed by atoms with van der Waals surface area (Å²) in [5.74, 6) is 0.591. The quantitative estimate of drug-likeness (QED) is 0.181. The Bertz CT molecular complexity index is 1580. The average molecular weight is 534 g/mol. The molecular weight excluding hydrogens is 506 g/mol. The second-order valence-electron chi connectivity index (χ2n) is 9.57. The second kappa shape index (κ2) is 11.0. The van der Waals surface area contributed by atoms with Crippen LogP contribution >= 0.6 is 0 Å². The normalized spacial score (nSPS) is 17.6. The van der Waals surface area contributed by atoms with Gasteiger partial charge in [-0.2, -0.15) is 0 Å². The van der Waals surface area contributed by atoms with Gasteiger partial charge in [-0.3, -0.25) is 9.59 Å². The van der Waals surface area contributed by atoms with Crippen LogP contribution in [0.25, 0.3) is 5.76 Å². The summed E-state index contributed by atoms with van der Waals surface area (Å²) in [6, 6.07) is 30.6. The van der Waals surface area contributed by atoms with Crippen molar-refractivity contribution in [2.45, 2.75) is 12.5 Å². The molecule has 0 aliphatic carbocycles. The molecule has 1 saturated heterocycles. The van der Waals surface area contributed by atoms with E-state index in [0.717, 1.165) is 5.56 Å². The Labute approximate surface area is 231 Å². The van der Waals surface area contributed by atoms with E-state index in [2.05, 4.69) is 0 Å². The van der Waals surface area contributed by atoms with Gasteiger partial charge in [0.05, 0.1) is 11.6 Å². The van der Waals surface area contributed by atoms with Crippen LogP contribution in [0.1, 0.15) is 22.7 Å². The van der Waals surface area contributed by atoms with Gasteiger partial charge in [-0.25, -0.2) is 0 Å². The number of amides is 1. The van der Waals surface area contributed by atoms with E-state index in [1.165, 1.54) is 4.90 Å². The van der Waals surface area contributed by atoms with Crippen LogP contribution < -0.4 is 14.2 Å². The van der Waals surface area contributed by atoms with Crippen molar-refractivity contribution in [3.05, 3.63) is 125 Å². The summed E-state index contributed by atoms with van der Waals surface area (Å²) < 4.78 is 17.3. The third-order valence-electron chi connectivity index (χ3n) is 6.99. The summed E-state index contributed by atoms with van der Waals surface area (Å²) in [7, 11) is 0. The Hall–Kier alpha value is -5.04. The SMILES string of the molecule is O=C1C(=O)N(CCc2ccccc2)[C@@H](c2cccc(Oc3ccccc3)c2)/C1=C(\O)c1ccc2c(c1)OCCO2. The fraction of sp³-hybridized carbons (Fsp3) is 0.152. The van der Waals surface area contributed by atoms with Crippen molar-refractivity contribution in [3.8, 4) is 23.0 Å².